The van der Waals surface area contributed by atoms with E-state index in [1.165, 1.54) is 0 Å². The summed E-state index contributed by atoms with van der Waals surface area (Å²) in [6.07, 6.45) is 3.44. The van der Waals surface area contributed by atoms with Crippen molar-refractivity contribution in [1.82, 2.24) is 0 Å². The summed E-state index contributed by atoms with van der Waals surface area (Å²) in [4.78, 5) is 23.4. The number of hydrogen-bond acceptors (Lipinski definition) is 4. The van der Waals surface area contributed by atoms with Crippen molar-refractivity contribution in [2.45, 2.75) is 50.7 Å². The minimum absolute atomic E-state index is 0.218. The van der Waals surface area contributed by atoms with Crippen LogP contribution in [0, 0.1) is 5.41 Å². The Bertz CT molecular complexity index is 350. The molecule has 0 N–H and O–H groups in total. The maximum Gasteiger partial charge on any atom is 0.317 e. The third kappa shape index (κ3) is 0.840. The molecule has 3 fully saturated rings. The number of rotatable bonds is 0. The SMILES string of the molecule is C[C@H]1OC(=O)[C@@]23CCCCC12OC(=O)C3. The first-order valence-electron chi connectivity index (χ1n) is 5.54. The van der Waals surface area contributed by atoms with Crippen molar-refractivity contribution in [3.8, 4) is 0 Å². The molecule has 3 atom stereocenters. The van der Waals surface area contributed by atoms with Crippen molar-refractivity contribution in [1.29, 1.82) is 0 Å². The maximum absolute atomic E-state index is 11.9. The summed E-state index contributed by atoms with van der Waals surface area (Å²) >= 11 is 0. The van der Waals surface area contributed by atoms with Crippen LogP contribution in [0.3, 0.4) is 0 Å². The Morgan fingerprint density at radius 2 is 2.00 bits per heavy atom. The van der Waals surface area contributed by atoms with Crippen molar-refractivity contribution >= 4 is 11.9 Å². The van der Waals surface area contributed by atoms with E-state index in [1.54, 1.807) is 0 Å². The Kier molecular flexibility index (Phi) is 1.56. The summed E-state index contributed by atoms with van der Waals surface area (Å²) < 4.78 is 10.8. The maximum atomic E-state index is 11.9. The van der Waals surface area contributed by atoms with Gasteiger partial charge in [0.2, 0.25) is 0 Å². The van der Waals surface area contributed by atoms with Gasteiger partial charge in [-0.05, 0) is 26.2 Å². The number of cyclic esters (lactones) is 1. The molecule has 2 saturated heterocycles. The second kappa shape index (κ2) is 2.54. The standard InChI is InChI=1S/C11H14O4/c1-7-11-5-3-2-4-10(11,9(13)14-7)6-8(12)15-11/h7H,2-6H2,1H3/t7-,10+,11?/m1/s1. The largest absolute Gasteiger partial charge is 0.458 e. The fraction of sp³-hybridized carbons (Fsp3) is 0.818. The smallest absolute Gasteiger partial charge is 0.317 e. The molecule has 4 heteroatoms. The van der Waals surface area contributed by atoms with Gasteiger partial charge in [0.15, 0.2) is 5.60 Å². The number of hydrogen-bond donors (Lipinski definition) is 0. The van der Waals surface area contributed by atoms with Gasteiger partial charge in [-0.1, -0.05) is 6.42 Å². The highest BCUT2D eigenvalue weighted by molar-refractivity contribution is 5.91. The van der Waals surface area contributed by atoms with Crippen molar-refractivity contribution in [2.75, 3.05) is 0 Å². The van der Waals surface area contributed by atoms with Gasteiger partial charge >= 0.3 is 11.9 Å². The summed E-state index contributed by atoms with van der Waals surface area (Å²) in [5.41, 5.74) is -1.29. The van der Waals surface area contributed by atoms with Gasteiger partial charge in [0.1, 0.15) is 11.5 Å². The average Bonchev–Trinajstić information content (AvgIpc) is 2.60. The Labute approximate surface area is 87.9 Å². The highest BCUT2D eigenvalue weighted by atomic mass is 16.6. The van der Waals surface area contributed by atoms with Gasteiger partial charge in [0.05, 0.1) is 6.42 Å². The van der Waals surface area contributed by atoms with Crippen molar-refractivity contribution in [2.24, 2.45) is 5.41 Å². The fourth-order valence-electron chi connectivity index (χ4n) is 3.53. The van der Waals surface area contributed by atoms with Crippen LogP contribution in [0.2, 0.25) is 0 Å². The van der Waals surface area contributed by atoms with Gasteiger partial charge < -0.3 is 9.47 Å². The predicted molar refractivity (Wildman–Crippen MR) is 49.9 cm³/mol. The minimum Gasteiger partial charge on any atom is -0.458 e. The van der Waals surface area contributed by atoms with Gasteiger partial charge in [0.25, 0.3) is 0 Å². The Morgan fingerprint density at radius 1 is 1.27 bits per heavy atom. The molecule has 15 heavy (non-hydrogen) atoms. The third-order valence-corrected chi connectivity index (χ3v) is 4.29. The highest BCUT2D eigenvalue weighted by Gasteiger charge is 2.73. The predicted octanol–water partition coefficient (Wildman–Crippen LogP) is 1.18. The van der Waals surface area contributed by atoms with E-state index in [0.717, 1.165) is 25.7 Å². The lowest BCUT2D eigenvalue weighted by Gasteiger charge is -2.39. The molecule has 0 amide bonds. The molecule has 1 saturated carbocycles. The van der Waals surface area contributed by atoms with Crippen molar-refractivity contribution < 1.29 is 19.1 Å². The number of esters is 2. The van der Waals surface area contributed by atoms with E-state index in [2.05, 4.69) is 0 Å². The molecule has 0 aromatic carbocycles. The van der Waals surface area contributed by atoms with Crippen LogP contribution in [-0.2, 0) is 19.1 Å². The zero-order valence-electron chi connectivity index (χ0n) is 8.75. The molecule has 0 radical (unpaired) electrons. The first-order chi connectivity index (χ1) is 7.11. The number of ether oxygens (including phenoxy) is 2. The molecule has 4 nitrogen and oxygen atoms in total. The third-order valence-electron chi connectivity index (χ3n) is 4.29. The highest BCUT2D eigenvalue weighted by Crippen LogP contribution is 2.60. The number of carbonyl (C=O) groups is 2. The monoisotopic (exact) mass is 210 g/mol. The van der Waals surface area contributed by atoms with Gasteiger partial charge in [-0.15, -0.1) is 0 Å². The molecule has 3 rings (SSSR count). The summed E-state index contributed by atoms with van der Waals surface area (Å²) in [7, 11) is 0. The zero-order valence-corrected chi connectivity index (χ0v) is 8.75. The molecule has 1 aliphatic carbocycles. The second-order valence-corrected chi connectivity index (χ2v) is 4.88. The van der Waals surface area contributed by atoms with Crippen LogP contribution in [0.25, 0.3) is 0 Å². The lowest BCUT2D eigenvalue weighted by molar-refractivity contribution is -0.159. The first-order valence-corrected chi connectivity index (χ1v) is 5.54. The number of carbonyl (C=O) groups excluding carboxylic acids is 2. The van der Waals surface area contributed by atoms with Crippen LogP contribution in [-0.4, -0.2) is 23.6 Å². The van der Waals surface area contributed by atoms with Crippen LogP contribution in [0.5, 0.6) is 0 Å². The summed E-state index contributed by atoms with van der Waals surface area (Å²) in [6, 6.07) is 0. The fourth-order valence-corrected chi connectivity index (χ4v) is 3.53. The van der Waals surface area contributed by atoms with E-state index in [1.807, 2.05) is 6.92 Å². The molecular formula is C11H14O4. The Hall–Kier alpha value is -1.06. The lowest BCUT2D eigenvalue weighted by Crippen LogP contribution is -2.51. The van der Waals surface area contributed by atoms with Crippen LogP contribution < -0.4 is 0 Å². The van der Waals surface area contributed by atoms with Crippen LogP contribution in [0.1, 0.15) is 39.0 Å². The average molecular weight is 210 g/mol. The summed E-state index contributed by atoms with van der Waals surface area (Å²) in [5, 5.41) is 0. The van der Waals surface area contributed by atoms with E-state index in [0.29, 0.717) is 0 Å². The molecule has 1 unspecified atom stereocenters. The molecule has 3 aliphatic rings. The normalized spacial score (nSPS) is 48.2. The van der Waals surface area contributed by atoms with E-state index >= 15 is 0 Å². The van der Waals surface area contributed by atoms with Crippen molar-refractivity contribution in [3.63, 3.8) is 0 Å². The Morgan fingerprint density at radius 3 is 2.73 bits per heavy atom. The van der Waals surface area contributed by atoms with Crippen LogP contribution in [0.4, 0.5) is 0 Å². The molecular weight excluding hydrogens is 196 g/mol. The minimum atomic E-state index is -0.651. The molecule has 0 spiro atoms. The van der Waals surface area contributed by atoms with Gasteiger partial charge in [-0.25, -0.2) is 0 Å². The van der Waals surface area contributed by atoms with E-state index < -0.39 is 11.0 Å². The molecule has 82 valence electrons. The summed E-state index contributed by atoms with van der Waals surface area (Å²) in [5.74, 6) is -0.457. The van der Waals surface area contributed by atoms with E-state index in [9.17, 15) is 9.59 Å². The zero-order chi connectivity index (χ0) is 10.7. The molecule has 0 aromatic rings. The van der Waals surface area contributed by atoms with Crippen LogP contribution in [0.15, 0.2) is 0 Å². The topological polar surface area (TPSA) is 52.6 Å². The van der Waals surface area contributed by atoms with E-state index in [-0.39, 0.29) is 24.5 Å². The Balaban J connectivity index is 2.14. The van der Waals surface area contributed by atoms with Gasteiger partial charge in [0, 0.05) is 0 Å². The molecule has 2 aliphatic heterocycles. The summed E-state index contributed by atoms with van der Waals surface area (Å²) in [6.45, 7) is 1.84. The molecule has 2 heterocycles. The lowest BCUT2D eigenvalue weighted by atomic mass is 9.63. The second-order valence-electron chi connectivity index (χ2n) is 4.88. The van der Waals surface area contributed by atoms with Crippen molar-refractivity contribution in [3.05, 3.63) is 0 Å². The van der Waals surface area contributed by atoms with Gasteiger partial charge in [-0.2, -0.15) is 0 Å². The molecule has 0 bridgehead atoms. The van der Waals surface area contributed by atoms with E-state index in [4.69, 9.17) is 9.47 Å². The van der Waals surface area contributed by atoms with Gasteiger partial charge in [-0.3, -0.25) is 9.59 Å². The molecule has 0 aromatic heterocycles. The van der Waals surface area contributed by atoms with Crippen LogP contribution >= 0.6 is 0 Å². The first kappa shape index (κ1) is 9.19. The quantitative estimate of drug-likeness (QED) is 0.563.